The number of nitrogens with zero attached hydrogens (tertiary/aromatic N) is 3. The van der Waals surface area contributed by atoms with Crippen molar-refractivity contribution in [2.75, 3.05) is 6.61 Å². The zero-order chi connectivity index (χ0) is 29.6. The summed E-state index contributed by atoms with van der Waals surface area (Å²) in [5.74, 6) is -3.57. The number of carbonyl (C=O) groups excluding carboxylic acids is 1. The van der Waals surface area contributed by atoms with Crippen molar-refractivity contribution in [3.05, 3.63) is 54.6 Å². The van der Waals surface area contributed by atoms with Crippen LogP contribution in [0.1, 0.15) is 37.8 Å². The molecule has 0 aliphatic heterocycles. The van der Waals surface area contributed by atoms with Crippen LogP contribution in [0.15, 0.2) is 49.1 Å². The molecule has 0 saturated heterocycles. The van der Waals surface area contributed by atoms with E-state index in [0.717, 1.165) is 12.5 Å². The van der Waals surface area contributed by atoms with Gasteiger partial charge in [-0.15, -0.1) is 0 Å². The van der Waals surface area contributed by atoms with E-state index in [9.17, 15) is 48.0 Å². The second kappa shape index (κ2) is 12.4. The first-order valence-electron chi connectivity index (χ1n) is 11.1. The topological polar surface area (TPSA) is 116 Å². The second-order valence-corrected chi connectivity index (χ2v) is 11.8. The van der Waals surface area contributed by atoms with Crippen LogP contribution in [0.2, 0.25) is 0 Å². The zero-order valence-electron chi connectivity index (χ0n) is 20.5. The van der Waals surface area contributed by atoms with Crippen LogP contribution in [-0.4, -0.2) is 54.3 Å². The smallest absolute Gasteiger partial charge is 0.462 e. The van der Waals surface area contributed by atoms with Gasteiger partial charge in [0.15, 0.2) is 0 Å². The van der Waals surface area contributed by atoms with Crippen molar-refractivity contribution in [2.24, 2.45) is 7.05 Å². The third-order valence-electron chi connectivity index (χ3n) is 4.97. The highest BCUT2D eigenvalue weighted by atomic mass is 32.3. The van der Waals surface area contributed by atoms with Crippen LogP contribution in [0.3, 0.4) is 0 Å². The van der Waals surface area contributed by atoms with Crippen molar-refractivity contribution >= 4 is 31.9 Å². The van der Waals surface area contributed by atoms with Gasteiger partial charge in [0.2, 0.25) is 6.33 Å². The van der Waals surface area contributed by atoms with E-state index in [2.05, 4.69) is 0 Å². The number of benzene rings is 1. The zero-order valence-corrected chi connectivity index (χ0v) is 22.1. The average Bonchev–Trinajstić information content (AvgIpc) is 3.24. The average molecular weight is 610 g/mol. The molecule has 0 fully saturated rings. The number of carbonyl (C=O) groups is 1. The van der Waals surface area contributed by atoms with Crippen molar-refractivity contribution in [1.29, 1.82) is 0 Å². The molecule has 0 radical (unpaired) electrons. The van der Waals surface area contributed by atoms with Crippen molar-refractivity contribution in [1.82, 2.24) is 4.57 Å². The summed E-state index contributed by atoms with van der Waals surface area (Å²) in [5.41, 5.74) is -13.0. The fourth-order valence-electron chi connectivity index (χ4n) is 3.09. The quantitative estimate of drug-likeness (QED) is 0.0961. The Hall–Kier alpha value is -3.15. The van der Waals surface area contributed by atoms with Gasteiger partial charge in [0.25, 0.3) is 0 Å². The summed E-state index contributed by atoms with van der Waals surface area (Å²) in [6, 6.07) is 4.43. The minimum absolute atomic E-state index is 0.0943. The molecule has 10 nitrogen and oxygen atoms in total. The van der Waals surface area contributed by atoms with E-state index in [1.807, 2.05) is 0 Å². The Morgan fingerprint density at radius 3 is 2.00 bits per heavy atom. The molecular formula is C21H25F6N3O7S2+2. The van der Waals surface area contributed by atoms with Crippen molar-refractivity contribution < 1.29 is 65.4 Å². The van der Waals surface area contributed by atoms with E-state index in [1.165, 1.54) is 48.1 Å². The number of aryl methyl sites for hydroxylation is 1. The summed E-state index contributed by atoms with van der Waals surface area (Å²) < 4.78 is 141. The van der Waals surface area contributed by atoms with Crippen LogP contribution < -0.4 is 4.57 Å². The van der Waals surface area contributed by atoms with Crippen molar-refractivity contribution in [3.63, 3.8) is 0 Å². The number of alkyl halides is 6. The molecule has 1 aromatic carbocycles. The molecule has 0 aliphatic rings. The Bertz CT molecular complexity index is 1340. The Balaban J connectivity index is 2.96. The number of unbranched alkanes of at least 4 members (excludes halogenated alkanes) is 2. The highest BCUT2D eigenvalue weighted by Crippen LogP contribution is 2.34. The van der Waals surface area contributed by atoms with Gasteiger partial charge in [-0.05, 0) is 12.0 Å². The Morgan fingerprint density at radius 2 is 1.54 bits per heavy atom. The minimum atomic E-state index is -7.36. The molecule has 0 bridgehead atoms. The van der Waals surface area contributed by atoms with E-state index in [1.54, 1.807) is 6.92 Å². The van der Waals surface area contributed by atoms with Crippen LogP contribution in [0.4, 0.5) is 26.3 Å². The summed E-state index contributed by atoms with van der Waals surface area (Å²) in [6.45, 7) is 0.538. The standard InChI is InChI=1S/C21H25F6N3O7S2/c1-3-4-8-13-36-19(31)17(29-12-11-28(2)15-29)18(37-14-16-9-6-5-7-10-16)30(38(32,33)20(22,23)24)39(34,35)21(25,26)27/h5-7,9-12,15,17H,3-4,8,13-14H2,1-2H3/q+2/t17-/m1/s1. The molecule has 1 aromatic heterocycles. The molecule has 0 saturated carbocycles. The van der Waals surface area contributed by atoms with E-state index in [0.29, 0.717) is 17.4 Å². The summed E-state index contributed by atoms with van der Waals surface area (Å²) in [6.07, 6.45) is 4.60. The van der Waals surface area contributed by atoms with Gasteiger partial charge >= 0.3 is 49.0 Å². The molecule has 18 heteroatoms. The molecule has 0 aliphatic carbocycles. The number of aromatic nitrogens is 2. The number of imidazole rings is 1. The molecule has 218 valence electrons. The maximum Gasteiger partial charge on any atom is 0.561 e. The second-order valence-electron chi connectivity index (χ2n) is 8.01. The van der Waals surface area contributed by atoms with E-state index in [-0.39, 0.29) is 18.6 Å². The first-order chi connectivity index (χ1) is 17.9. The summed E-state index contributed by atoms with van der Waals surface area (Å²) in [5, 5.41) is 0. The van der Waals surface area contributed by atoms with E-state index in [4.69, 9.17) is 9.47 Å². The summed E-state index contributed by atoms with van der Waals surface area (Å²) in [7, 11) is -13.4. The third-order valence-corrected chi connectivity index (χ3v) is 8.55. The van der Waals surface area contributed by atoms with Gasteiger partial charge < -0.3 is 9.47 Å². The monoisotopic (exact) mass is 609 g/mol. The minimum Gasteiger partial charge on any atom is -0.462 e. The van der Waals surface area contributed by atoms with Crippen LogP contribution in [0, 0.1) is 0 Å². The van der Waals surface area contributed by atoms with Crippen LogP contribution in [0.25, 0.3) is 0 Å². The molecule has 1 atom stereocenters. The van der Waals surface area contributed by atoms with Crippen molar-refractivity contribution in [2.45, 2.75) is 49.9 Å². The molecule has 0 N–H and O–H groups in total. The maximum absolute atomic E-state index is 13.6. The highest BCUT2D eigenvalue weighted by molar-refractivity contribution is 7.98. The lowest BCUT2D eigenvalue weighted by atomic mass is 10.2. The molecule has 0 unspecified atom stereocenters. The van der Waals surface area contributed by atoms with Crippen LogP contribution in [-0.2, 0) is 48.0 Å². The molecule has 2 rings (SSSR count). The van der Waals surface area contributed by atoms with Gasteiger partial charge in [0, 0.05) is 0 Å². The number of esters is 1. The van der Waals surface area contributed by atoms with Crippen molar-refractivity contribution in [3.8, 4) is 0 Å². The first kappa shape index (κ1) is 32.1. The number of hydrogen-bond acceptors (Lipinski definition) is 7. The summed E-state index contributed by atoms with van der Waals surface area (Å²) >= 11 is 0. The molecule has 2 aromatic rings. The van der Waals surface area contributed by atoms with E-state index >= 15 is 0 Å². The number of hydrogen-bond donors (Lipinski definition) is 0. The SMILES string of the molecule is CCCCCOC(=O)[C@@H](C(OCc1ccccc1)=[N+](S(=O)(=O)C(F)(F)F)S(=O)(=O)C(F)(F)F)n1cc[n+](C)c1. The first-order valence-corrected chi connectivity index (χ1v) is 14.0. The van der Waals surface area contributed by atoms with Gasteiger partial charge in [-0.25, -0.2) is 13.9 Å². The summed E-state index contributed by atoms with van der Waals surface area (Å²) in [4.78, 5) is 13.1. The third kappa shape index (κ3) is 7.49. The molecular weight excluding hydrogens is 584 g/mol. The van der Waals surface area contributed by atoms with Gasteiger partial charge in [0.05, 0.1) is 17.0 Å². The van der Waals surface area contributed by atoms with Crippen LogP contribution in [0.5, 0.6) is 0 Å². The van der Waals surface area contributed by atoms with Crippen LogP contribution >= 0.6 is 0 Å². The predicted molar refractivity (Wildman–Crippen MR) is 122 cm³/mol. The number of rotatable bonds is 11. The fraction of sp³-hybridized carbons (Fsp3) is 0.476. The van der Waals surface area contributed by atoms with Gasteiger partial charge in [-0.1, -0.05) is 50.1 Å². The number of sulfonamides is 2. The maximum atomic E-state index is 13.6. The molecule has 0 amide bonds. The Labute approximate surface area is 220 Å². The lowest BCUT2D eigenvalue weighted by molar-refractivity contribution is -0.671. The largest absolute Gasteiger partial charge is 0.561 e. The highest BCUT2D eigenvalue weighted by Gasteiger charge is 2.70. The molecule has 0 spiro atoms. The molecule has 39 heavy (non-hydrogen) atoms. The lowest BCUT2D eigenvalue weighted by Gasteiger charge is -2.17. The van der Waals surface area contributed by atoms with Gasteiger partial charge in [0.1, 0.15) is 19.0 Å². The van der Waals surface area contributed by atoms with E-state index < -0.39 is 59.0 Å². The molecule has 1 heterocycles. The Kier molecular flexibility index (Phi) is 10.2. The fourth-order valence-corrected chi connectivity index (χ4v) is 5.79. The predicted octanol–water partition coefficient (Wildman–Crippen LogP) is 2.91. The number of halogens is 6. The number of ether oxygens (including phenoxy) is 2. The normalized spacial score (nSPS) is 13.5. The van der Waals surface area contributed by atoms with Gasteiger partial charge in [-0.3, -0.25) is 0 Å². The Morgan fingerprint density at radius 1 is 0.974 bits per heavy atom. The van der Waals surface area contributed by atoms with Gasteiger partial charge in [-0.2, -0.15) is 43.2 Å². The lowest BCUT2D eigenvalue weighted by Crippen LogP contribution is -2.49.